The number of benzene rings is 1. The van der Waals surface area contributed by atoms with E-state index in [0.29, 0.717) is 18.5 Å². The average molecular weight is 225 g/mol. The number of hydrogen-bond donors (Lipinski definition) is 1. The lowest BCUT2D eigenvalue weighted by Gasteiger charge is -2.04. The van der Waals surface area contributed by atoms with E-state index in [2.05, 4.69) is 5.32 Å². The van der Waals surface area contributed by atoms with Crippen molar-refractivity contribution in [3.05, 3.63) is 29.6 Å². The third-order valence-electron chi connectivity index (χ3n) is 2.27. The number of ketones is 1. The van der Waals surface area contributed by atoms with Crippen LogP contribution in [0.1, 0.15) is 12.0 Å². The maximum atomic E-state index is 13.3. The molecule has 0 atom stereocenters. The van der Waals surface area contributed by atoms with Gasteiger partial charge in [0.05, 0.1) is 7.11 Å². The molecule has 0 unspecified atom stereocenters. The number of hydrogen-bond acceptors (Lipinski definition) is 3. The zero-order valence-electron chi connectivity index (χ0n) is 9.55. The molecule has 0 bridgehead atoms. The van der Waals surface area contributed by atoms with Gasteiger partial charge in [0.25, 0.3) is 0 Å². The fraction of sp³-hybridized carbons (Fsp3) is 0.417. The van der Waals surface area contributed by atoms with Crippen molar-refractivity contribution in [2.75, 3.05) is 20.7 Å². The summed E-state index contributed by atoms with van der Waals surface area (Å²) in [5, 5.41) is 2.90. The van der Waals surface area contributed by atoms with E-state index < -0.39 is 5.82 Å². The number of methoxy groups -OCH3 is 1. The first kappa shape index (κ1) is 12.6. The van der Waals surface area contributed by atoms with Crippen LogP contribution in [0.5, 0.6) is 5.75 Å². The number of carbonyl (C=O) groups is 1. The summed E-state index contributed by atoms with van der Waals surface area (Å²) in [5.41, 5.74) is 0.680. The highest BCUT2D eigenvalue weighted by Crippen LogP contribution is 2.18. The van der Waals surface area contributed by atoms with Crippen LogP contribution >= 0.6 is 0 Å². The molecular weight excluding hydrogens is 209 g/mol. The molecule has 0 saturated carbocycles. The number of carbonyl (C=O) groups excluding carboxylic acids is 1. The summed E-state index contributed by atoms with van der Waals surface area (Å²) in [6, 6.07) is 4.59. The molecule has 16 heavy (non-hydrogen) atoms. The highest BCUT2D eigenvalue weighted by atomic mass is 19.1. The third-order valence-corrected chi connectivity index (χ3v) is 2.27. The molecule has 1 rings (SSSR count). The zero-order valence-corrected chi connectivity index (χ0v) is 9.55. The van der Waals surface area contributed by atoms with Crippen LogP contribution in [0.4, 0.5) is 4.39 Å². The lowest BCUT2D eigenvalue weighted by atomic mass is 10.1. The quantitative estimate of drug-likeness (QED) is 0.798. The van der Waals surface area contributed by atoms with Gasteiger partial charge in [-0.2, -0.15) is 0 Å². The number of nitrogens with one attached hydrogen (secondary N) is 1. The molecule has 0 amide bonds. The van der Waals surface area contributed by atoms with E-state index >= 15 is 0 Å². The molecular formula is C12H16FNO2. The van der Waals surface area contributed by atoms with Crippen molar-refractivity contribution >= 4 is 5.78 Å². The van der Waals surface area contributed by atoms with Crippen LogP contribution in [0.25, 0.3) is 0 Å². The maximum Gasteiger partial charge on any atom is 0.165 e. The molecule has 0 heterocycles. The predicted octanol–water partition coefficient (Wildman–Crippen LogP) is 1.56. The minimum atomic E-state index is -0.429. The highest BCUT2D eigenvalue weighted by molar-refractivity contribution is 5.81. The van der Waals surface area contributed by atoms with E-state index in [4.69, 9.17) is 4.74 Å². The molecule has 3 nitrogen and oxygen atoms in total. The van der Waals surface area contributed by atoms with Gasteiger partial charge in [-0.05, 0) is 24.7 Å². The van der Waals surface area contributed by atoms with Gasteiger partial charge in [-0.3, -0.25) is 4.79 Å². The van der Waals surface area contributed by atoms with Crippen LogP contribution in [0.15, 0.2) is 18.2 Å². The van der Waals surface area contributed by atoms with E-state index in [1.807, 2.05) is 0 Å². The number of Topliss-reactive ketones (excluding diaryl/α,β-unsaturated/α-hetero) is 1. The van der Waals surface area contributed by atoms with Crippen LogP contribution in [0, 0.1) is 5.82 Å². The fourth-order valence-electron chi connectivity index (χ4n) is 1.40. The van der Waals surface area contributed by atoms with E-state index in [9.17, 15) is 9.18 Å². The van der Waals surface area contributed by atoms with Gasteiger partial charge in [-0.1, -0.05) is 6.07 Å². The lowest BCUT2D eigenvalue weighted by molar-refractivity contribution is -0.118. The van der Waals surface area contributed by atoms with Gasteiger partial charge >= 0.3 is 0 Å². The first-order chi connectivity index (χ1) is 7.67. The molecule has 88 valence electrons. The lowest BCUT2D eigenvalue weighted by Crippen LogP contribution is -2.14. The average Bonchev–Trinajstić information content (AvgIpc) is 2.26. The summed E-state index contributed by atoms with van der Waals surface area (Å²) in [6.07, 6.45) is 0.729. The maximum absolute atomic E-state index is 13.3. The van der Waals surface area contributed by atoms with Crippen LogP contribution in [-0.2, 0) is 11.2 Å². The molecule has 4 heteroatoms. The van der Waals surface area contributed by atoms with Gasteiger partial charge in [-0.25, -0.2) is 4.39 Å². The van der Waals surface area contributed by atoms with Gasteiger partial charge in [0.15, 0.2) is 11.6 Å². The van der Waals surface area contributed by atoms with Crippen molar-refractivity contribution in [3.63, 3.8) is 0 Å². The summed E-state index contributed by atoms with van der Waals surface area (Å²) in [5.74, 6) is -0.133. The van der Waals surface area contributed by atoms with Gasteiger partial charge in [0, 0.05) is 19.4 Å². The summed E-state index contributed by atoms with van der Waals surface area (Å²) in [7, 11) is 3.20. The third kappa shape index (κ3) is 3.62. The largest absolute Gasteiger partial charge is 0.494 e. The normalized spacial score (nSPS) is 10.2. The second kappa shape index (κ2) is 6.23. The van der Waals surface area contributed by atoms with E-state index in [1.54, 1.807) is 13.1 Å². The van der Waals surface area contributed by atoms with Gasteiger partial charge in [0.2, 0.25) is 0 Å². The Hall–Kier alpha value is -1.42. The van der Waals surface area contributed by atoms with Crippen molar-refractivity contribution in [2.45, 2.75) is 12.8 Å². The van der Waals surface area contributed by atoms with Crippen molar-refractivity contribution in [1.82, 2.24) is 5.32 Å². The molecule has 1 aromatic rings. The van der Waals surface area contributed by atoms with E-state index in [1.165, 1.54) is 19.2 Å². The van der Waals surface area contributed by atoms with E-state index in [-0.39, 0.29) is 18.0 Å². The van der Waals surface area contributed by atoms with E-state index in [0.717, 1.165) is 0 Å². The van der Waals surface area contributed by atoms with Crippen LogP contribution in [0.2, 0.25) is 0 Å². The second-order valence-electron chi connectivity index (χ2n) is 3.54. The van der Waals surface area contributed by atoms with Crippen molar-refractivity contribution in [3.8, 4) is 5.75 Å². The molecule has 0 spiro atoms. The number of ether oxygens (including phenoxy) is 1. The minimum Gasteiger partial charge on any atom is -0.494 e. The van der Waals surface area contributed by atoms with Crippen LogP contribution < -0.4 is 10.1 Å². The van der Waals surface area contributed by atoms with Gasteiger partial charge < -0.3 is 10.1 Å². The van der Waals surface area contributed by atoms with Crippen molar-refractivity contribution < 1.29 is 13.9 Å². The van der Waals surface area contributed by atoms with Crippen LogP contribution in [0.3, 0.4) is 0 Å². The van der Waals surface area contributed by atoms with Crippen molar-refractivity contribution in [2.24, 2.45) is 0 Å². The molecule has 0 saturated heterocycles. The van der Waals surface area contributed by atoms with Crippen LogP contribution in [-0.4, -0.2) is 26.5 Å². The Morgan fingerprint density at radius 2 is 2.25 bits per heavy atom. The second-order valence-corrected chi connectivity index (χ2v) is 3.54. The van der Waals surface area contributed by atoms with Crippen molar-refractivity contribution in [1.29, 1.82) is 0 Å². The Bertz CT molecular complexity index is 366. The molecule has 1 N–H and O–H groups in total. The summed E-state index contributed by atoms with van der Waals surface area (Å²) < 4.78 is 18.1. The Morgan fingerprint density at radius 3 is 2.81 bits per heavy atom. The smallest absolute Gasteiger partial charge is 0.165 e. The summed E-state index contributed by atoms with van der Waals surface area (Å²) in [4.78, 5) is 11.4. The Kier molecular flexibility index (Phi) is 4.92. The molecule has 0 aliphatic carbocycles. The SMILES string of the molecule is CNCCC(=O)Cc1ccc(OC)c(F)c1. The fourth-order valence-corrected chi connectivity index (χ4v) is 1.40. The molecule has 0 aromatic heterocycles. The molecule has 0 fully saturated rings. The molecule has 1 aromatic carbocycles. The molecule has 0 radical (unpaired) electrons. The highest BCUT2D eigenvalue weighted by Gasteiger charge is 2.07. The summed E-state index contributed by atoms with van der Waals surface area (Å²) >= 11 is 0. The first-order valence-corrected chi connectivity index (χ1v) is 5.16. The van der Waals surface area contributed by atoms with Gasteiger partial charge in [0.1, 0.15) is 5.78 Å². The summed E-state index contributed by atoms with van der Waals surface area (Å²) in [6.45, 7) is 0.650. The predicted molar refractivity (Wildman–Crippen MR) is 60.2 cm³/mol. The monoisotopic (exact) mass is 225 g/mol. The standard InChI is InChI=1S/C12H16FNO2/c1-14-6-5-10(15)7-9-3-4-12(16-2)11(13)8-9/h3-4,8,14H,5-7H2,1-2H3. The first-order valence-electron chi connectivity index (χ1n) is 5.16. The van der Waals surface area contributed by atoms with Gasteiger partial charge in [-0.15, -0.1) is 0 Å². The Balaban J connectivity index is 2.61. The Labute approximate surface area is 94.6 Å². The zero-order chi connectivity index (χ0) is 12.0. The molecule has 0 aliphatic heterocycles. The topological polar surface area (TPSA) is 38.3 Å². The Morgan fingerprint density at radius 1 is 1.50 bits per heavy atom. The minimum absolute atomic E-state index is 0.0962. The number of halogens is 1. The molecule has 0 aliphatic rings. The number of rotatable bonds is 6.